The van der Waals surface area contributed by atoms with Crippen molar-refractivity contribution in [3.05, 3.63) is 38.6 Å². The fraction of sp³-hybridized carbons (Fsp3) is 0.542. The van der Waals surface area contributed by atoms with Gasteiger partial charge in [-0.05, 0) is 66.4 Å². The third-order valence-electron chi connectivity index (χ3n) is 6.64. The summed E-state index contributed by atoms with van der Waals surface area (Å²) in [6, 6.07) is 3.94. The molecular formula is C24H32BBrN4O5S. The summed E-state index contributed by atoms with van der Waals surface area (Å²) >= 11 is 4.75. The average molecular weight is 579 g/mol. The zero-order valence-electron chi connectivity index (χ0n) is 20.6. The summed E-state index contributed by atoms with van der Waals surface area (Å²) in [6.07, 6.45) is 4.87. The number of piperidine rings is 2. The van der Waals surface area contributed by atoms with Crippen molar-refractivity contribution in [3.8, 4) is 5.75 Å². The van der Waals surface area contributed by atoms with E-state index < -0.39 is 13.0 Å². The number of hydrogen-bond donors (Lipinski definition) is 2. The second-order valence-corrected chi connectivity index (χ2v) is 11.0. The van der Waals surface area contributed by atoms with E-state index in [1.807, 2.05) is 22.4 Å². The van der Waals surface area contributed by atoms with Gasteiger partial charge in [0.25, 0.3) is 0 Å². The largest absolute Gasteiger partial charge is 0.487 e. The quantitative estimate of drug-likeness (QED) is 0.362. The van der Waals surface area contributed by atoms with E-state index in [2.05, 4.69) is 31.0 Å². The normalized spacial score (nSPS) is 17.6. The Morgan fingerprint density at radius 1 is 1.25 bits per heavy atom. The fourth-order valence-corrected chi connectivity index (χ4v) is 6.23. The van der Waals surface area contributed by atoms with Crippen LogP contribution >= 0.6 is 27.3 Å². The number of carbonyl (C=O) groups excluding carboxylic acids is 2. The lowest BCUT2D eigenvalue weighted by molar-refractivity contribution is -0.139. The van der Waals surface area contributed by atoms with Crippen LogP contribution in [0.15, 0.2) is 28.2 Å². The number of ether oxygens (including phenoxy) is 2. The van der Waals surface area contributed by atoms with Crippen LogP contribution in [-0.4, -0.2) is 78.1 Å². The van der Waals surface area contributed by atoms with E-state index >= 15 is 0 Å². The number of hydrogen-bond acceptors (Lipinski definition) is 9. The van der Waals surface area contributed by atoms with Gasteiger partial charge in [0.15, 0.2) is 10.6 Å². The van der Waals surface area contributed by atoms with Crippen molar-refractivity contribution >= 4 is 52.0 Å². The Morgan fingerprint density at radius 2 is 1.97 bits per heavy atom. The Kier molecular flexibility index (Phi) is 9.27. The average Bonchev–Trinajstić information content (AvgIpc) is 3.23. The lowest BCUT2D eigenvalue weighted by Gasteiger charge is -2.37. The van der Waals surface area contributed by atoms with Crippen molar-refractivity contribution in [2.24, 2.45) is 5.92 Å². The molecule has 194 valence electrons. The standard InChI is InChI=1S/C24H32BBrN4O5S/c1-25(33)28-20-13-16(3-8-27-20)14-29-9-4-17(5-10-29)23(31)30-11-6-18(7-12-30)35-21-19(26)15-36-22(21)24(32)34-2/h3,8,13,15,17-18,33H,4-7,9-12,14H2,1-2H3,(H,27,28). The van der Waals surface area contributed by atoms with Crippen molar-refractivity contribution in [3.63, 3.8) is 0 Å². The van der Waals surface area contributed by atoms with Crippen LogP contribution in [0.1, 0.15) is 40.9 Å². The van der Waals surface area contributed by atoms with Gasteiger partial charge in [0, 0.05) is 50.0 Å². The number of aromatic nitrogens is 1. The zero-order valence-corrected chi connectivity index (χ0v) is 23.0. The predicted octanol–water partition coefficient (Wildman–Crippen LogP) is 3.50. The molecule has 2 N–H and O–H groups in total. The number of rotatable bonds is 8. The van der Waals surface area contributed by atoms with E-state index in [0.717, 1.165) is 55.4 Å². The van der Waals surface area contributed by atoms with Crippen LogP contribution in [0.3, 0.4) is 0 Å². The summed E-state index contributed by atoms with van der Waals surface area (Å²) in [5, 5.41) is 14.2. The van der Waals surface area contributed by atoms with Gasteiger partial charge in [0.05, 0.1) is 11.6 Å². The van der Waals surface area contributed by atoms with Crippen molar-refractivity contribution in [2.75, 3.05) is 38.5 Å². The minimum absolute atomic E-state index is 0.0428. The molecule has 4 heterocycles. The molecule has 0 aliphatic carbocycles. The van der Waals surface area contributed by atoms with Gasteiger partial charge >= 0.3 is 13.0 Å². The highest BCUT2D eigenvalue weighted by Gasteiger charge is 2.32. The Bertz CT molecular complexity index is 1050. The molecule has 2 fully saturated rings. The van der Waals surface area contributed by atoms with Crippen LogP contribution < -0.4 is 9.96 Å². The van der Waals surface area contributed by atoms with Crippen LogP contribution in [0.4, 0.5) is 5.82 Å². The van der Waals surface area contributed by atoms with Gasteiger partial charge in [-0.25, -0.2) is 9.78 Å². The van der Waals surface area contributed by atoms with Crippen molar-refractivity contribution < 1.29 is 24.1 Å². The minimum Gasteiger partial charge on any atom is -0.487 e. The summed E-state index contributed by atoms with van der Waals surface area (Å²) in [5.74, 6) is 1.09. The number of nitrogens with one attached hydrogen (secondary N) is 1. The van der Waals surface area contributed by atoms with Gasteiger partial charge in [0.1, 0.15) is 11.9 Å². The molecule has 2 saturated heterocycles. The van der Waals surface area contributed by atoms with Gasteiger partial charge in [0.2, 0.25) is 5.91 Å². The Balaban J connectivity index is 1.23. The van der Waals surface area contributed by atoms with E-state index in [-0.39, 0.29) is 17.9 Å². The highest BCUT2D eigenvalue weighted by Crippen LogP contribution is 2.37. The second-order valence-electron chi connectivity index (χ2n) is 9.30. The van der Waals surface area contributed by atoms with Crippen molar-refractivity contribution in [1.82, 2.24) is 14.8 Å². The number of methoxy groups -OCH3 is 1. The third-order valence-corrected chi connectivity index (χ3v) is 8.47. The molecule has 2 aliphatic rings. The Labute approximate surface area is 224 Å². The SMILES string of the molecule is COC(=O)c1scc(Br)c1OC1CCN(C(=O)C2CCN(Cc3ccnc(NB(C)O)c3)CC2)CC1. The van der Waals surface area contributed by atoms with Gasteiger partial charge in [-0.1, -0.05) is 0 Å². The van der Waals surface area contributed by atoms with Crippen molar-refractivity contribution in [2.45, 2.75) is 45.2 Å². The number of nitrogens with zero attached hydrogens (tertiary/aromatic N) is 3. The molecule has 0 unspecified atom stereocenters. The number of anilines is 1. The molecule has 0 aromatic carbocycles. The lowest BCUT2D eigenvalue weighted by Crippen LogP contribution is -2.47. The highest BCUT2D eigenvalue weighted by atomic mass is 79.9. The number of thiophene rings is 1. The lowest BCUT2D eigenvalue weighted by atomic mass is 9.89. The van der Waals surface area contributed by atoms with Gasteiger partial charge in [-0.15, -0.1) is 11.3 Å². The Hall–Kier alpha value is -2.15. The fourth-order valence-electron chi connectivity index (χ4n) is 4.75. The van der Waals surface area contributed by atoms with Gasteiger partial charge < -0.3 is 24.6 Å². The molecule has 1 amide bonds. The van der Waals surface area contributed by atoms with Crippen LogP contribution in [-0.2, 0) is 16.1 Å². The molecule has 2 aromatic rings. The maximum Gasteiger partial charge on any atom is 0.408 e. The van der Waals surface area contributed by atoms with Gasteiger partial charge in [-0.3, -0.25) is 9.69 Å². The topological polar surface area (TPSA) is 104 Å². The number of pyridine rings is 1. The zero-order chi connectivity index (χ0) is 25.7. The van der Waals surface area contributed by atoms with E-state index in [9.17, 15) is 14.6 Å². The van der Waals surface area contributed by atoms with E-state index in [4.69, 9.17) is 9.47 Å². The predicted molar refractivity (Wildman–Crippen MR) is 143 cm³/mol. The Morgan fingerprint density at radius 3 is 2.64 bits per heavy atom. The molecule has 0 spiro atoms. The number of carbonyl (C=O) groups is 2. The molecule has 12 heteroatoms. The van der Waals surface area contributed by atoms with E-state index in [1.165, 1.54) is 18.4 Å². The molecule has 2 aromatic heterocycles. The molecular weight excluding hydrogens is 547 g/mol. The first-order valence-corrected chi connectivity index (χ1v) is 13.9. The van der Waals surface area contributed by atoms with Crippen molar-refractivity contribution in [1.29, 1.82) is 0 Å². The highest BCUT2D eigenvalue weighted by molar-refractivity contribution is 9.10. The smallest absolute Gasteiger partial charge is 0.408 e. The second kappa shape index (κ2) is 12.4. The molecule has 36 heavy (non-hydrogen) atoms. The summed E-state index contributed by atoms with van der Waals surface area (Å²) in [4.78, 5) is 34.2. The van der Waals surface area contributed by atoms with Crippen LogP contribution in [0.5, 0.6) is 5.75 Å². The van der Waals surface area contributed by atoms with Crippen LogP contribution in [0, 0.1) is 5.92 Å². The maximum absolute atomic E-state index is 13.2. The number of esters is 1. The molecule has 4 rings (SSSR count). The number of halogens is 1. The molecule has 9 nitrogen and oxygen atoms in total. The number of likely N-dealkylation sites (tertiary alicyclic amines) is 2. The summed E-state index contributed by atoms with van der Waals surface area (Å²) in [7, 11) is 0.710. The summed E-state index contributed by atoms with van der Waals surface area (Å²) < 4.78 is 11.8. The summed E-state index contributed by atoms with van der Waals surface area (Å²) in [5.41, 5.74) is 1.13. The number of amides is 1. The molecule has 0 atom stereocenters. The maximum atomic E-state index is 13.2. The summed E-state index contributed by atoms with van der Waals surface area (Å²) in [6.45, 7) is 5.53. The first-order valence-electron chi connectivity index (χ1n) is 12.3. The van der Waals surface area contributed by atoms with Gasteiger partial charge in [-0.2, -0.15) is 0 Å². The van der Waals surface area contributed by atoms with E-state index in [0.29, 0.717) is 29.5 Å². The molecule has 0 saturated carbocycles. The minimum atomic E-state index is -0.652. The molecule has 2 aliphatic heterocycles. The van der Waals surface area contributed by atoms with Crippen LogP contribution in [0.25, 0.3) is 0 Å². The van der Waals surface area contributed by atoms with Crippen LogP contribution in [0.2, 0.25) is 6.82 Å². The first kappa shape index (κ1) is 26.9. The molecule has 0 bridgehead atoms. The third kappa shape index (κ3) is 6.79. The molecule has 0 radical (unpaired) electrons. The van der Waals surface area contributed by atoms with E-state index in [1.54, 1.807) is 13.0 Å². The first-order chi connectivity index (χ1) is 17.3. The monoisotopic (exact) mass is 578 g/mol.